The van der Waals surface area contributed by atoms with Crippen molar-refractivity contribution in [3.63, 3.8) is 0 Å². The molecule has 1 N–H and O–H groups in total. The van der Waals surface area contributed by atoms with Crippen LogP contribution in [0, 0.1) is 0 Å². The molecule has 7 heteroatoms. The molecule has 1 aromatic heterocycles. The largest absolute Gasteiger partial charge is 0.484 e. The number of carbonyl (C=O) groups excluding carboxylic acids is 2. The van der Waals surface area contributed by atoms with Gasteiger partial charge in [-0.25, -0.2) is 0 Å². The first kappa shape index (κ1) is 17.5. The SMILES string of the molecule is CN(Cc1ccc(Br)s1)C(=O)CNC(=O)COc1ccccc1. The van der Waals surface area contributed by atoms with Gasteiger partial charge in [-0.05, 0) is 40.2 Å². The van der Waals surface area contributed by atoms with Crippen LogP contribution < -0.4 is 10.1 Å². The third kappa shape index (κ3) is 6.03. The van der Waals surface area contributed by atoms with Gasteiger partial charge in [0, 0.05) is 11.9 Å². The summed E-state index contributed by atoms with van der Waals surface area (Å²) in [5.74, 6) is 0.145. The third-order valence-corrected chi connectivity index (χ3v) is 4.61. The minimum absolute atomic E-state index is 0.0416. The van der Waals surface area contributed by atoms with Crippen LogP contribution in [0.4, 0.5) is 0 Å². The van der Waals surface area contributed by atoms with Gasteiger partial charge in [0.15, 0.2) is 6.61 Å². The molecule has 0 aliphatic rings. The molecule has 0 fully saturated rings. The molecule has 23 heavy (non-hydrogen) atoms. The molecule has 0 aliphatic carbocycles. The molecule has 2 rings (SSSR count). The van der Waals surface area contributed by atoms with Crippen molar-refractivity contribution in [1.29, 1.82) is 0 Å². The second-order valence-electron chi connectivity index (χ2n) is 4.83. The van der Waals surface area contributed by atoms with Crippen molar-refractivity contribution in [3.05, 3.63) is 51.1 Å². The molecule has 0 bridgehead atoms. The number of benzene rings is 1. The van der Waals surface area contributed by atoms with E-state index in [1.807, 2.05) is 30.3 Å². The highest BCUT2D eigenvalue weighted by Crippen LogP contribution is 2.22. The van der Waals surface area contributed by atoms with E-state index in [1.165, 1.54) is 0 Å². The van der Waals surface area contributed by atoms with Crippen molar-refractivity contribution < 1.29 is 14.3 Å². The maximum absolute atomic E-state index is 12.0. The topological polar surface area (TPSA) is 58.6 Å². The number of rotatable bonds is 7. The first-order chi connectivity index (χ1) is 11.0. The average molecular weight is 397 g/mol. The fourth-order valence-electron chi connectivity index (χ4n) is 1.78. The Morgan fingerprint density at radius 1 is 1.22 bits per heavy atom. The highest BCUT2D eigenvalue weighted by Gasteiger charge is 2.12. The van der Waals surface area contributed by atoms with E-state index in [9.17, 15) is 9.59 Å². The standard InChI is InChI=1S/C16H17BrN2O3S/c1-19(10-13-7-8-14(17)23-13)16(21)9-18-15(20)11-22-12-5-3-2-4-6-12/h2-8H,9-11H2,1H3,(H,18,20). The molecule has 2 aromatic rings. The van der Waals surface area contributed by atoms with Crippen LogP contribution in [0.3, 0.4) is 0 Å². The van der Waals surface area contributed by atoms with E-state index in [1.54, 1.807) is 35.4 Å². The number of nitrogens with one attached hydrogen (secondary N) is 1. The molecule has 0 aliphatic heterocycles. The lowest BCUT2D eigenvalue weighted by Crippen LogP contribution is -2.39. The number of ether oxygens (including phenoxy) is 1. The molecule has 0 unspecified atom stereocenters. The quantitative estimate of drug-likeness (QED) is 0.782. The lowest BCUT2D eigenvalue weighted by molar-refractivity contribution is -0.132. The monoisotopic (exact) mass is 396 g/mol. The van der Waals surface area contributed by atoms with Gasteiger partial charge >= 0.3 is 0 Å². The first-order valence-corrected chi connectivity index (χ1v) is 8.58. The van der Waals surface area contributed by atoms with Crippen molar-refractivity contribution in [3.8, 4) is 5.75 Å². The number of halogens is 1. The summed E-state index contributed by atoms with van der Waals surface area (Å²) in [6.07, 6.45) is 0. The van der Waals surface area contributed by atoms with Crippen molar-refractivity contribution in [1.82, 2.24) is 10.2 Å². The van der Waals surface area contributed by atoms with Gasteiger partial charge in [0.2, 0.25) is 5.91 Å². The van der Waals surface area contributed by atoms with Crippen LogP contribution >= 0.6 is 27.3 Å². The summed E-state index contributed by atoms with van der Waals surface area (Å²) in [5.41, 5.74) is 0. The minimum atomic E-state index is -0.325. The Kier molecular flexibility index (Phi) is 6.61. The number of nitrogens with zero attached hydrogens (tertiary/aromatic N) is 1. The Labute approximate surface area is 147 Å². The number of likely N-dealkylation sites (N-methyl/N-ethyl adjacent to an activating group) is 1. The predicted octanol–water partition coefficient (Wildman–Crippen LogP) is 2.66. The Morgan fingerprint density at radius 2 is 1.96 bits per heavy atom. The van der Waals surface area contributed by atoms with Gasteiger partial charge in [-0.2, -0.15) is 0 Å². The van der Waals surface area contributed by atoms with Crippen molar-refractivity contribution in [2.45, 2.75) is 6.54 Å². The fraction of sp³-hybridized carbons (Fsp3) is 0.250. The summed E-state index contributed by atoms with van der Waals surface area (Å²) in [5, 5.41) is 2.56. The lowest BCUT2D eigenvalue weighted by Gasteiger charge is -2.16. The molecule has 0 saturated carbocycles. The van der Waals surface area contributed by atoms with E-state index in [0.717, 1.165) is 8.66 Å². The summed E-state index contributed by atoms with van der Waals surface area (Å²) in [4.78, 5) is 26.3. The van der Waals surface area contributed by atoms with E-state index >= 15 is 0 Å². The summed E-state index contributed by atoms with van der Waals surface area (Å²) in [7, 11) is 1.71. The molecule has 2 amide bonds. The number of para-hydroxylation sites is 1. The molecule has 0 atom stereocenters. The maximum Gasteiger partial charge on any atom is 0.258 e. The Balaban J connectivity index is 1.69. The van der Waals surface area contributed by atoms with Crippen LogP contribution in [0.25, 0.3) is 0 Å². The van der Waals surface area contributed by atoms with Crippen LogP contribution in [0.1, 0.15) is 4.88 Å². The first-order valence-electron chi connectivity index (χ1n) is 6.97. The molecule has 1 heterocycles. The molecular formula is C16H17BrN2O3S. The molecule has 122 valence electrons. The predicted molar refractivity (Wildman–Crippen MR) is 93.4 cm³/mol. The zero-order valence-electron chi connectivity index (χ0n) is 12.6. The highest BCUT2D eigenvalue weighted by atomic mass is 79.9. The van der Waals surface area contributed by atoms with E-state index < -0.39 is 0 Å². The molecule has 0 radical (unpaired) electrons. The van der Waals surface area contributed by atoms with Crippen LogP contribution in [0.5, 0.6) is 5.75 Å². The Hall–Kier alpha value is -1.86. The van der Waals surface area contributed by atoms with Crippen LogP contribution in [0.2, 0.25) is 0 Å². The number of thiophene rings is 1. The second kappa shape index (κ2) is 8.69. The fourth-order valence-corrected chi connectivity index (χ4v) is 3.32. The molecule has 1 aromatic carbocycles. The number of hydrogen-bond acceptors (Lipinski definition) is 4. The summed E-state index contributed by atoms with van der Waals surface area (Å²) in [6, 6.07) is 13.0. The molecular weight excluding hydrogens is 380 g/mol. The van der Waals surface area contributed by atoms with E-state index in [4.69, 9.17) is 4.74 Å². The Morgan fingerprint density at radius 3 is 2.61 bits per heavy atom. The summed E-state index contributed by atoms with van der Waals surface area (Å²) < 4.78 is 6.35. The zero-order valence-corrected chi connectivity index (χ0v) is 15.0. The smallest absolute Gasteiger partial charge is 0.258 e. The minimum Gasteiger partial charge on any atom is -0.484 e. The maximum atomic E-state index is 12.0. The van der Waals surface area contributed by atoms with Crippen molar-refractivity contribution >= 4 is 39.1 Å². The van der Waals surface area contributed by atoms with E-state index in [-0.39, 0.29) is 25.0 Å². The Bertz CT molecular complexity index is 660. The van der Waals surface area contributed by atoms with Gasteiger partial charge in [-0.1, -0.05) is 18.2 Å². The van der Waals surface area contributed by atoms with Crippen LogP contribution in [-0.2, 0) is 16.1 Å². The third-order valence-electron chi connectivity index (χ3n) is 3.00. The number of carbonyl (C=O) groups is 2. The van der Waals surface area contributed by atoms with Crippen molar-refractivity contribution in [2.24, 2.45) is 0 Å². The average Bonchev–Trinajstić information content (AvgIpc) is 2.96. The summed E-state index contributed by atoms with van der Waals surface area (Å²) >= 11 is 4.97. The molecule has 5 nitrogen and oxygen atoms in total. The normalized spacial score (nSPS) is 10.2. The second-order valence-corrected chi connectivity index (χ2v) is 7.38. The number of amides is 2. The van der Waals surface area contributed by atoms with E-state index in [0.29, 0.717) is 12.3 Å². The summed E-state index contributed by atoms with van der Waals surface area (Å²) in [6.45, 7) is 0.365. The zero-order chi connectivity index (χ0) is 16.7. The molecule has 0 spiro atoms. The van der Waals surface area contributed by atoms with Crippen LogP contribution in [-0.4, -0.2) is 36.9 Å². The molecule has 0 saturated heterocycles. The van der Waals surface area contributed by atoms with Gasteiger partial charge in [-0.3, -0.25) is 9.59 Å². The van der Waals surface area contributed by atoms with Gasteiger partial charge in [-0.15, -0.1) is 11.3 Å². The highest BCUT2D eigenvalue weighted by molar-refractivity contribution is 9.11. The number of hydrogen-bond donors (Lipinski definition) is 1. The lowest BCUT2D eigenvalue weighted by atomic mass is 10.3. The van der Waals surface area contributed by atoms with Crippen molar-refractivity contribution in [2.75, 3.05) is 20.2 Å². The van der Waals surface area contributed by atoms with Crippen LogP contribution in [0.15, 0.2) is 46.3 Å². The van der Waals surface area contributed by atoms with Gasteiger partial charge in [0.25, 0.3) is 5.91 Å². The van der Waals surface area contributed by atoms with Gasteiger partial charge in [0.05, 0.1) is 16.9 Å². The van der Waals surface area contributed by atoms with Gasteiger partial charge < -0.3 is 15.0 Å². The van der Waals surface area contributed by atoms with E-state index in [2.05, 4.69) is 21.2 Å². The van der Waals surface area contributed by atoms with Gasteiger partial charge in [0.1, 0.15) is 5.75 Å².